The molecule has 0 aliphatic rings. The zero-order valence-electron chi connectivity index (χ0n) is 13.1. The molecular formula is C17H15FN4O2. The second-order valence-corrected chi connectivity index (χ2v) is 5.34. The lowest BCUT2D eigenvalue weighted by Crippen LogP contribution is -2.16. The molecular weight excluding hydrogens is 311 g/mol. The molecule has 2 aromatic heterocycles. The van der Waals surface area contributed by atoms with Crippen molar-refractivity contribution in [1.29, 1.82) is 0 Å². The molecule has 2 amide bonds. The van der Waals surface area contributed by atoms with E-state index in [2.05, 4.69) is 15.6 Å². The van der Waals surface area contributed by atoms with Crippen molar-refractivity contribution in [3.05, 3.63) is 59.8 Å². The van der Waals surface area contributed by atoms with E-state index in [0.717, 1.165) is 0 Å². The first-order valence-electron chi connectivity index (χ1n) is 7.27. The van der Waals surface area contributed by atoms with Gasteiger partial charge in [-0.05, 0) is 37.3 Å². The van der Waals surface area contributed by atoms with Gasteiger partial charge in [-0.15, -0.1) is 0 Å². The molecule has 0 saturated carbocycles. The Morgan fingerprint density at radius 1 is 1.12 bits per heavy atom. The number of nitrogens with one attached hydrogen (secondary N) is 2. The van der Waals surface area contributed by atoms with Crippen molar-refractivity contribution < 1.29 is 14.0 Å². The summed E-state index contributed by atoms with van der Waals surface area (Å²) >= 11 is 0. The van der Waals surface area contributed by atoms with E-state index in [1.807, 2.05) is 0 Å². The number of carbonyl (C=O) groups is 2. The molecule has 122 valence electrons. The van der Waals surface area contributed by atoms with Crippen LogP contribution in [0.25, 0.3) is 5.65 Å². The van der Waals surface area contributed by atoms with Crippen LogP contribution in [0.5, 0.6) is 0 Å². The Labute approximate surface area is 137 Å². The SMILES string of the molecule is CC(=O)Nc1cccc(NC(=O)c2c(C)nc3ccc(F)cn23)c1. The van der Waals surface area contributed by atoms with Gasteiger partial charge in [-0.3, -0.25) is 14.0 Å². The average Bonchev–Trinajstić information content (AvgIpc) is 2.82. The molecule has 0 bridgehead atoms. The van der Waals surface area contributed by atoms with Crippen LogP contribution in [0.3, 0.4) is 0 Å². The molecule has 0 unspecified atom stereocenters. The normalized spacial score (nSPS) is 10.6. The molecule has 0 saturated heterocycles. The van der Waals surface area contributed by atoms with E-state index in [-0.39, 0.29) is 11.6 Å². The predicted molar refractivity (Wildman–Crippen MR) is 88.6 cm³/mol. The number of carbonyl (C=O) groups excluding carboxylic acids is 2. The van der Waals surface area contributed by atoms with Crippen molar-refractivity contribution >= 4 is 28.8 Å². The van der Waals surface area contributed by atoms with Gasteiger partial charge in [-0.1, -0.05) is 6.07 Å². The number of hydrogen-bond donors (Lipinski definition) is 2. The van der Waals surface area contributed by atoms with E-state index in [1.165, 1.54) is 29.7 Å². The van der Waals surface area contributed by atoms with Gasteiger partial charge >= 0.3 is 0 Å². The van der Waals surface area contributed by atoms with Gasteiger partial charge in [0.05, 0.1) is 5.69 Å². The van der Waals surface area contributed by atoms with Crippen molar-refractivity contribution in [2.75, 3.05) is 10.6 Å². The minimum absolute atomic E-state index is 0.202. The number of halogens is 1. The number of fused-ring (bicyclic) bond motifs is 1. The summed E-state index contributed by atoms with van der Waals surface area (Å²) in [4.78, 5) is 27.9. The van der Waals surface area contributed by atoms with Gasteiger partial charge in [0.25, 0.3) is 5.91 Å². The molecule has 0 spiro atoms. The molecule has 2 N–H and O–H groups in total. The van der Waals surface area contributed by atoms with Crippen LogP contribution < -0.4 is 10.6 Å². The smallest absolute Gasteiger partial charge is 0.274 e. The Hall–Kier alpha value is -3.22. The molecule has 1 aromatic carbocycles. The highest BCUT2D eigenvalue weighted by Crippen LogP contribution is 2.18. The molecule has 3 rings (SSSR count). The lowest BCUT2D eigenvalue weighted by Gasteiger charge is -2.08. The highest BCUT2D eigenvalue weighted by atomic mass is 19.1. The molecule has 0 radical (unpaired) electrons. The molecule has 3 aromatic rings. The maximum atomic E-state index is 13.5. The maximum absolute atomic E-state index is 13.5. The Morgan fingerprint density at radius 2 is 1.83 bits per heavy atom. The highest BCUT2D eigenvalue weighted by molar-refractivity contribution is 6.04. The third-order valence-electron chi connectivity index (χ3n) is 3.41. The first-order valence-corrected chi connectivity index (χ1v) is 7.27. The summed E-state index contributed by atoms with van der Waals surface area (Å²) in [5.41, 5.74) is 2.33. The summed E-state index contributed by atoms with van der Waals surface area (Å²) in [5.74, 6) is -1.07. The van der Waals surface area contributed by atoms with Gasteiger partial charge in [0, 0.05) is 24.5 Å². The first-order chi connectivity index (χ1) is 11.4. The zero-order valence-corrected chi connectivity index (χ0v) is 13.1. The second kappa shape index (κ2) is 6.11. The monoisotopic (exact) mass is 326 g/mol. The number of hydrogen-bond acceptors (Lipinski definition) is 3. The van der Waals surface area contributed by atoms with Crippen molar-refractivity contribution in [2.45, 2.75) is 13.8 Å². The van der Waals surface area contributed by atoms with Crippen LogP contribution in [0.2, 0.25) is 0 Å². The number of aryl methyl sites for hydroxylation is 1. The Kier molecular flexibility index (Phi) is 3.99. The Morgan fingerprint density at radius 3 is 2.54 bits per heavy atom. The minimum Gasteiger partial charge on any atom is -0.326 e. The molecule has 24 heavy (non-hydrogen) atoms. The molecule has 0 fully saturated rings. The van der Waals surface area contributed by atoms with E-state index in [4.69, 9.17) is 0 Å². The summed E-state index contributed by atoms with van der Waals surface area (Å²) in [6.45, 7) is 3.09. The average molecular weight is 326 g/mol. The third kappa shape index (κ3) is 3.10. The second-order valence-electron chi connectivity index (χ2n) is 5.34. The Bertz CT molecular complexity index is 949. The topological polar surface area (TPSA) is 75.5 Å². The standard InChI is InChI=1S/C17H15FN4O2/c1-10-16(22-9-12(18)6-7-15(22)19-10)17(24)21-14-5-3-4-13(8-14)20-11(2)23/h3-9H,1-2H3,(H,20,23)(H,21,24). The van der Waals surface area contributed by atoms with Gasteiger partial charge in [0.1, 0.15) is 17.2 Å². The van der Waals surface area contributed by atoms with E-state index in [0.29, 0.717) is 22.7 Å². The molecule has 0 aliphatic heterocycles. The largest absolute Gasteiger partial charge is 0.326 e. The molecule has 7 heteroatoms. The fourth-order valence-corrected chi connectivity index (χ4v) is 2.48. The number of anilines is 2. The maximum Gasteiger partial charge on any atom is 0.274 e. The van der Waals surface area contributed by atoms with Crippen molar-refractivity contribution in [1.82, 2.24) is 9.38 Å². The molecule has 0 aliphatic carbocycles. The van der Waals surface area contributed by atoms with E-state index < -0.39 is 11.7 Å². The Balaban J connectivity index is 1.92. The molecule has 2 heterocycles. The lowest BCUT2D eigenvalue weighted by atomic mass is 10.2. The summed E-state index contributed by atoms with van der Waals surface area (Å²) in [7, 11) is 0. The highest BCUT2D eigenvalue weighted by Gasteiger charge is 2.17. The number of benzene rings is 1. The number of amides is 2. The summed E-state index contributed by atoms with van der Waals surface area (Å²) in [6, 6.07) is 9.56. The quantitative estimate of drug-likeness (QED) is 0.777. The summed E-state index contributed by atoms with van der Waals surface area (Å²) in [6.07, 6.45) is 1.22. The number of rotatable bonds is 3. The van der Waals surface area contributed by atoms with Crippen LogP contribution in [0.15, 0.2) is 42.6 Å². The van der Waals surface area contributed by atoms with Gasteiger partial charge in [0.2, 0.25) is 5.91 Å². The van der Waals surface area contributed by atoms with Crippen molar-refractivity contribution in [3.8, 4) is 0 Å². The van der Waals surface area contributed by atoms with Crippen LogP contribution in [-0.2, 0) is 4.79 Å². The molecule has 6 nitrogen and oxygen atoms in total. The van der Waals surface area contributed by atoms with Crippen LogP contribution in [0, 0.1) is 12.7 Å². The zero-order chi connectivity index (χ0) is 17.3. The van der Waals surface area contributed by atoms with Gasteiger partial charge in [0.15, 0.2) is 0 Å². The fourth-order valence-electron chi connectivity index (χ4n) is 2.48. The predicted octanol–water partition coefficient (Wildman–Crippen LogP) is 2.99. The number of nitrogens with zero attached hydrogens (tertiary/aromatic N) is 2. The van der Waals surface area contributed by atoms with Crippen molar-refractivity contribution in [3.63, 3.8) is 0 Å². The van der Waals surface area contributed by atoms with E-state index >= 15 is 0 Å². The van der Waals surface area contributed by atoms with Crippen molar-refractivity contribution in [2.24, 2.45) is 0 Å². The van der Waals surface area contributed by atoms with Gasteiger partial charge in [-0.2, -0.15) is 0 Å². The van der Waals surface area contributed by atoms with Gasteiger partial charge in [-0.25, -0.2) is 9.37 Å². The van der Waals surface area contributed by atoms with E-state index in [9.17, 15) is 14.0 Å². The van der Waals surface area contributed by atoms with Gasteiger partial charge < -0.3 is 10.6 Å². The van der Waals surface area contributed by atoms with Crippen LogP contribution in [-0.4, -0.2) is 21.2 Å². The first kappa shape index (κ1) is 15.7. The summed E-state index contributed by atoms with van der Waals surface area (Å²) < 4.78 is 14.9. The number of pyridine rings is 1. The summed E-state index contributed by atoms with van der Waals surface area (Å²) in [5, 5.41) is 5.38. The number of aromatic nitrogens is 2. The van der Waals surface area contributed by atoms with Crippen LogP contribution in [0.4, 0.5) is 15.8 Å². The minimum atomic E-state index is -0.457. The van der Waals surface area contributed by atoms with Crippen LogP contribution >= 0.6 is 0 Å². The van der Waals surface area contributed by atoms with E-state index in [1.54, 1.807) is 31.2 Å². The lowest BCUT2D eigenvalue weighted by molar-refractivity contribution is -0.114. The van der Waals surface area contributed by atoms with Crippen LogP contribution in [0.1, 0.15) is 23.1 Å². The number of imidazole rings is 1. The third-order valence-corrected chi connectivity index (χ3v) is 3.41. The molecule has 0 atom stereocenters. The fraction of sp³-hybridized carbons (Fsp3) is 0.118.